The number of ketones is 1. The standard InChI is InChI=1S/C9H3Br2ClOS2/c10-4-1-2-14-8(4)7(13)6-3-5(11)9(12)15-6/h1-3H. The summed E-state index contributed by atoms with van der Waals surface area (Å²) in [6, 6.07) is 3.61. The molecule has 0 aliphatic rings. The Morgan fingerprint density at radius 3 is 2.53 bits per heavy atom. The Kier molecular flexibility index (Phi) is 3.67. The third-order valence-corrected chi connectivity index (χ3v) is 6.00. The number of hydrogen-bond donors (Lipinski definition) is 0. The molecule has 0 amide bonds. The van der Waals surface area contributed by atoms with Gasteiger partial charge in [-0.3, -0.25) is 4.79 Å². The van der Waals surface area contributed by atoms with E-state index in [1.54, 1.807) is 6.07 Å². The second-order valence-electron chi connectivity index (χ2n) is 2.66. The van der Waals surface area contributed by atoms with Gasteiger partial charge < -0.3 is 0 Å². The zero-order valence-corrected chi connectivity index (χ0v) is 12.7. The van der Waals surface area contributed by atoms with Crippen molar-refractivity contribution in [2.45, 2.75) is 0 Å². The molecule has 6 heteroatoms. The van der Waals surface area contributed by atoms with Gasteiger partial charge in [0.05, 0.1) is 9.75 Å². The predicted octanol–water partition coefficient (Wildman–Crippen LogP) is 5.22. The smallest absolute Gasteiger partial charge is 0.214 e. The van der Waals surface area contributed by atoms with Gasteiger partial charge in [0.1, 0.15) is 4.34 Å². The molecule has 0 spiro atoms. The second-order valence-corrected chi connectivity index (χ2v) is 6.94. The van der Waals surface area contributed by atoms with Crippen LogP contribution < -0.4 is 0 Å². The third kappa shape index (κ3) is 2.36. The van der Waals surface area contributed by atoms with Crippen LogP contribution in [0.3, 0.4) is 0 Å². The van der Waals surface area contributed by atoms with Gasteiger partial charge in [-0.05, 0) is 49.4 Å². The number of carbonyl (C=O) groups excluding carboxylic acids is 1. The molecule has 2 aromatic heterocycles. The minimum absolute atomic E-state index is 0.00877. The van der Waals surface area contributed by atoms with Crippen LogP contribution in [-0.4, -0.2) is 5.78 Å². The molecule has 0 atom stereocenters. The molecule has 15 heavy (non-hydrogen) atoms. The van der Waals surface area contributed by atoms with Crippen LogP contribution >= 0.6 is 66.1 Å². The molecule has 0 N–H and O–H groups in total. The Balaban J connectivity index is 2.41. The Hall–Kier alpha value is 0.320. The van der Waals surface area contributed by atoms with Gasteiger partial charge in [0.25, 0.3) is 0 Å². The van der Waals surface area contributed by atoms with E-state index in [4.69, 9.17) is 11.6 Å². The minimum atomic E-state index is 0.00877. The zero-order valence-electron chi connectivity index (χ0n) is 7.09. The van der Waals surface area contributed by atoms with E-state index in [1.807, 2.05) is 11.4 Å². The normalized spacial score (nSPS) is 10.6. The molecule has 0 fully saturated rings. The summed E-state index contributed by atoms with van der Waals surface area (Å²) in [6.45, 7) is 0. The van der Waals surface area contributed by atoms with Gasteiger partial charge in [0, 0.05) is 8.95 Å². The van der Waals surface area contributed by atoms with E-state index in [0.29, 0.717) is 14.1 Å². The van der Waals surface area contributed by atoms with Crippen LogP contribution in [0, 0.1) is 0 Å². The van der Waals surface area contributed by atoms with Crippen molar-refractivity contribution >= 4 is 71.9 Å². The van der Waals surface area contributed by atoms with Gasteiger partial charge in [0.15, 0.2) is 0 Å². The first-order valence-corrected chi connectivity index (χ1v) is 7.48. The van der Waals surface area contributed by atoms with E-state index in [0.717, 1.165) is 8.95 Å². The number of rotatable bonds is 2. The molecule has 0 unspecified atom stereocenters. The van der Waals surface area contributed by atoms with Crippen LogP contribution in [0.15, 0.2) is 26.5 Å². The Morgan fingerprint density at radius 1 is 1.33 bits per heavy atom. The molecule has 2 aromatic rings. The molecular formula is C9H3Br2ClOS2. The molecule has 0 saturated carbocycles. The van der Waals surface area contributed by atoms with Crippen molar-refractivity contribution in [2.75, 3.05) is 0 Å². The number of thiophene rings is 2. The van der Waals surface area contributed by atoms with Gasteiger partial charge in [-0.25, -0.2) is 0 Å². The van der Waals surface area contributed by atoms with E-state index in [9.17, 15) is 4.79 Å². The second kappa shape index (κ2) is 4.67. The van der Waals surface area contributed by atoms with Crippen molar-refractivity contribution in [3.05, 3.63) is 40.5 Å². The number of hydrogen-bond acceptors (Lipinski definition) is 3. The van der Waals surface area contributed by atoms with Gasteiger partial charge in [-0.2, -0.15) is 0 Å². The van der Waals surface area contributed by atoms with Crippen molar-refractivity contribution in [2.24, 2.45) is 0 Å². The molecule has 0 radical (unpaired) electrons. The van der Waals surface area contributed by atoms with Crippen molar-refractivity contribution in [1.29, 1.82) is 0 Å². The first kappa shape index (κ1) is 11.8. The topological polar surface area (TPSA) is 17.1 Å². The molecule has 0 aliphatic heterocycles. The molecule has 2 rings (SSSR count). The quantitative estimate of drug-likeness (QED) is 0.647. The summed E-state index contributed by atoms with van der Waals surface area (Å²) in [5.74, 6) is 0.00877. The highest BCUT2D eigenvalue weighted by atomic mass is 79.9. The molecule has 78 valence electrons. The monoisotopic (exact) mass is 384 g/mol. The molecular weight excluding hydrogens is 383 g/mol. The molecule has 0 aliphatic carbocycles. The molecule has 0 aromatic carbocycles. The van der Waals surface area contributed by atoms with Crippen molar-refractivity contribution in [1.82, 2.24) is 0 Å². The molecule has 0 saturated heterocycles. The minimum Gasteiger partial charge on any atom is -0.287 e. The van der Waals surface area contributed by atoms with E-state index >= 15 is 0 Å². The first-order chi connectivity index (χ1) is 7.09. The SMILES string of the molecule is O=C(c1cc(Br)c(Cl)s1)c1sccc1Br. The maximum absolute atomic E-state index is 12.0. The fourth-order valence-corrected chi connectivity index (χ4v) is 4.24. The summed E-state index contributed by atoms with van der Waals surface area (Å²) in [6.07, 6.45) is 0. The maximum Gasteiger partial charge on any atom is 0.214 e. The average Bonchev–Trinajstić information content (AvgIpc) is 2.74. The summed E-state index contributed by atoms with van der Waals surface area (Å²) in [5, 5.41) is 1.88. The van der Waals surface area contributed by atoms with Crippen molar-refractivity contribution in [3.8, 4) is 0 Å². The van der Waals surface area contributed by atoms with E-state index in [1.165, 1.54) is 22.7 Å². The van der Waals surface area contributed by atoms with Gasteiger partial charge in [-0.15, -0.1) is 22.7 Å². The highest BCUT2D eigenvalue weighted by Crippen LogP contribution is 2.35. The molecule has 0 bridgehead atoms. The lowest BCUT2D eigenvalue weighted by atomic mass is 10.3. The Morgan fingerprint density at radius 2 is 2.07 bits per heavy atom. The predicted molar refractivity (Wildman–Crippen MR) is 72.5 cm³/mol. The highest BCUT2D eigenvalue weighted by molar-refractivity contribution is 9.11. The Bertz CT molecular complexity index is 498. The van der Waals surface area contributed by atoms with Gasteiger partial charge >= 0.3 is 0 Å². The van der Waals surface area contributed by atoms with E-state index < -0.39 is 0 Å². The van der Waals surface area contributed by atoms with Gasteiger partial charge in [-0.1, -0.05) is 11.6 Å². The number of halogens is 3. The van der Waals surface area contributed by atoms with Crippen LogP contribution in [0.4, 0.5) is 0 Å². The average molecular weight is 387 g/mol. The first-order valence-electron chi connectivity index (χ1n) is 3.82. The lowest BCUT2D eigenvalue weighted by Crippen LogP contribution is -1.95. The largest absolute Gasteiger partial charge is 0.287 e. The highest BCUT2D eigenvalue weighted by Gasteiger charge is 2.17. The molecule has 1 nitrogen and oxygen atoms in total. The lowest BCUT2D eigenvalue weighted by molar-refractivity contribution is 0.104. The summed E-state index contributed by atoms with van der Waals surface area (Å²) >= 11 is 15.2. The number of carbonyl (C=O) groups is 1. The summed E-state index contributed by atoms with van der Waals surface area (Å²) in [5.41, 5.74) is 0. The maximum atomic E-state index is 12.0. The summed E-state index contributed by atoms with van der Waals surface area (Å²) in [7, 11) is 0. The van der Waals surface area contributed by atoms with Crippen LogP contribution in [0.1, 0.15) is 14.5 Å². The lowest BCUT2D eigenvalue weighted by Gasteiger charge is -1.93. The van der Waals surface area contributed by atoms with Gasteiger partial charge in [0.2, 0.25) is 5.78 Å². The van der Waals surface area contributed by atoms with Crippen molar-refractivity contribution < 1.29 is 4.79 Å². The van der Waals surface area contributed by atoms with Crippen LogP contribution in [0.25, 0.3) is 0 Å². The van der Waals surface area contributed by atoms with E-state index in [2.05, 4.69) is 31.9 Å². The molecule has 2 heterocycles. The zero-order chi connectivity index (χ0) is 11.0. The van der Waals surface area contributed by atoms with Crippen molar-refractivity contribution in [3.63, 3.8) is 0 Å². The fraction of sp³-hybridized carbons (Fsp3) is 0. The summed E-state index contributed by atoms with van der Waals surface area (Å²) in [4.78, 5) is 13.4. The van der Waals surface area contributed by atoms with E-state index in [-0.39, 0.29) is 5.78 Å². The summed E-state index contributed by atoms with van der Waals surface area (Å²) < 4.78 is 2.20. The Labute approximate surface area is 116 Å². The van der Waals surface area contributed by atoms with Crippen LogP contribution in [0.2, 0.25) is 4.34 Å². The fourth-order valence-electron chi connectivity index (χ4n) is 1.03. The van der Waals surface area contributed by atoms with Crippen LogP contribution in [0.5, 0.6) is 0 Å². The van der Waals surface area contributed by atoms with Crippen LogP contribution in [-0.2, 0) is 0 Å². The third-order valence-electron chi connectivity index (χ3n) is 1.69.